The highest BCUT2D eigenvalue weighted by Gasteiger charge is 2.35. The van der Waals surface area contributed by atoms with Crippen LogP contribution >= 0.6 is 0 Å². The minimum atomic E-state index is -0.0151. The van der Waals surface area contributed by atoms with Gasteiger partial charge in [-0.1, -0.05) is 12.1 Å². The van der Waals surface area contributed by atoms with Crippen LogP contribution < -0.4 is 5.32 Å². The first-order chi connectivity index (χ1) is 6.86. The molecule has 14 heavy (non-hydrogen) atoms. The van der Waals surface area contributed by atoms with E-state index in [1.165, 1.54) is 18.4 Å². The van der Waals surface area contributed by atoms with Crippen molar-refractivity contribution in [3.63, 3.8) is 0 Å². The Morgan fingerprint density at radius 1 is 1.36 bits per heavy atom. The molecule has 1 aromatic carbocycles. The van der Waals surface area contributed by atoms with Crippen molar-refractivity contribution >= 4 is 0 Å². The van der Waals surface area contributed by atoms with Crippen molar-refractivity contribution in [2.75, 3.05) is 6.54 Å². The van der Waals surface area contributed by atoms with Gasteiger partial charge in [-0.05, 0) is 48.9 Å². The molecule has 0 amide bonds. The Morgan fingerprint density at radius 2 is 2.29 bits per heavy atom. The zero-order chi connectivity index (χ0) is 9.54. The van der Waals surface area contributed by atoms with Crippen molar-refractivity contribution < 1.29 is 4.39 Å². The van der Waals surface area contributed by atoms with Crippen molar-refractivity contribution in [2.45, 2.75) is 25.3 Å². The summed E-state index contributed by atoms with van der Waals surface area (Å²) in [7, 11) is 0. The van der Waals surface area contributed by atoms with Crippen LogP contribution in [-0.4, -0.2) is 6.54 Å². The van der Waals surface area contributed by atoms with Crippen LogP contribution in [0.4, 0.5) is 4.39 Å². The van der Waals surface area contributed by atoms with E-state index < -0.39 is 0 Å². The van der Waals surface area contributed by atoms with Gasteiger partial charge in [0, 0.05) is 6.04 Å². The van der Waals surface area contributed by atoms with Crippen molar-refractivity contribution in [3.8, 4) is 0 Å². The van der Waals surface area contributed by atoms with Crippen LogP contribution in [0.15, 0.2) is 18.2 Å². The maximum absolute atomic E-state index is 13.5. The molecule has 1 aliphatic carbocycles. The summed E-state index contributed by atoms with van der Waals surface area (Å²) in [5, 5.41) is 3.50. The Kier molecular flexibility index (Phi) is 1.84. The van der Waals surface area contributed by atoms with Crippen LogP contribution in [0.25, 0.3) is 0 Å². The lowest BCUT2D eigenvalue weighted by molar-refractivity contribution is 0.306. The van der Waals surface area contributed by atoms with E-state index in [1.54, 1.807) is 6.07 Å². The zero-order valence-electron chi connectivity index (χ0n) is 8.09. The average molecular weight is 191 g/mol. The van der Waals surface area contributed by atoms with E-state index in [4.69, 9.17) is 0 Å². The maximum atomic E-state index is 13.5. The number of halogens is 1. The third kappa shape index (κ3) is 1.10. The van der Waals surface area contributed by atoms with Crippen molar-refractivity contribution in [2.24, 2.45) is 5.92 Å². The number of nitrogens with one attached hydrogen (secondary N) is 1. The summed E-state index contributed by atoms with van der Waals surface area (Å²) in [6.45, 7) is 1.08. The lowest BCUT2D eigenvalue weighted by Gasteiger charge is -2.27. The Balaban J connectivity index is 2.05. The normalized spacial score (nSPS) is 29.8. The standard InChI is InChI=1S/C12H14FN/c13-11-5-1-4-9-10(11)7-8-3-2-6-14-12(8)9/h1,4-5,8,12,14H,2-3,6-7H2. The predicted octanol–water partition coefficient (Wildman–Crippen LogP) is 2.42. The summed E-state index contributed by atoms with van der Waals surface area (Å²) in [6.07, 6.45) is 3.40. The van der Waals surface area contributed by atoms with Gasteiger partial charge < -0.3 is 5.32 Å². The molecule has 2 aliphatic rings. The third-order valence-electron chi connectivity index (χ3n) is 3.54. The fourth-order valence-electron chi connectivity index (χ4n) is 2.88. The van der Waals surface area contributed by atoms with Gasteiger partial charge in [-0.3, -0.25) is 0 Å². The second-order valence-corrected chi connectivity index (χ2v) is 4.35. The van der Waals surface area contributed by atoms with E-state index in [2.05, 4.69) is 11.4 Å². The van der Waals surface area contributed by atoms with Gasteiger partial charge in [0.25, 0.3) is 0 Å². The smallest absolute Gasteiger partial charge is 0.126 e. The maximum Gasteiger partial charge on any atom is 0.126 e. The fraction of sp³-hybridized carbons (Fsp3) is 0.500. The molecule has 0 spiro atoms. The molecule has 0 bridgehead atoms. The summed E-state index contributed by atoms with van der Waals surface area (Å²) in [6, 6.07) is 5.90. The molecule has 0 radical (unpaired) electrons. The molecule has 2 atom stereocenters. The van der Waals surface area contributed by atoms with Gasteiger partial charge in [-0.15, -0.1) is 0 Å². The first kappa shape index (κ1) is 8.42. The SMILES string of the molecule is Fc1cccc2c1CC1CCCNC21. The molecule has 1 aromatic rings. The van der Waals surface area contributed by atoms with Crippen molar-refractivity contribution in [1.82, 2.24) is 5.32 Å². The molecule has 0 saturated carbocycles. The van der Waals surface area contributed by atoms with Crippen LogP contribution in [0.1, 0.15) is 30.0 Å². The topological polar surface area (TPSA) is 12.0 Å². The molecule has 2 unspecified atom stereocenters. The molecule has 1 N–H and O–H groups in total. The number of piperidine rings is 1. The number of rotatable bonds is 0. The largest absolute Gasteiger partial charge is 0.310 e. The molecule has 1 nitrogen and oxygen atoms in total. The third-order valence-corrected chi connectivity index (χ3v) is 3.54. The first-order valence-corrected chi connectivity index (χ1v) is 5.37. The van der Waals surface area contributed by atoms with Gasteiger partial charge >= 0.3 is 0 Å². The average Bonchev–Trinajstić information content (AvgIpc) is 2.59. The highest BCUT2D eigenvalue weighted by Crippen LogP contribution is 2.41. The highest BCUT2D eigenvalue weighted by molar-refractivity contribution is 5.37. The number of fused-ring (bicyclic) bond motifs is 3. The van der Waals surface area contributed by atoms with E-state index in [0.29, 0.717) is 12.0 Å². The summed E-state index contributed by atoms with van der Waals surface area (Å²) in [5.41, 5.74) is 2.16. The monoisotopic (exact) mass is 191 g/mol. The molecule has 0 aromatic heterocycles. The van der Waals surface area contributed by atoms with E-state index in [9.17, 15) is 4.39 Å². The van der Waals surface area contributed by atoms with Gasteiger partial charge in [0.15, 0.2) is 0 Å². The lowest BCUT2D eigenvalue weighted by atomic mass is 9.92. The van der Waals surface area contributed by atoms with Gasteiger partial charge in [-0.25, -0.2) is 4.39 Å². The van der Waals surface area contributed by atoms with Crippen molar-refractivity contribution in [3.05, 3.63) is 35.1 Å². The molecule has 1 fully saturated rings. The lowest BCUT2D eigenvalue weighted by Crippen LogP contribution is -2.31. The first-order valence-electron chi connectivity index (χ1n) is 5.37. The minimum absolute atomic E-state index is 0.0151. The van der Waals surface area contributed by atoms with Gasteiger partial charge in [-0.2, -0.15) is 0 Å². The van der Waals surface area contributed by atoms with Gasteiger partial charge in [0.2, 0.25) is 0 Å². The van der Waals surface area contributed by atoms with Crippen LogP contribution in [0.5, 0.6) is 0 Å². The number of hydrogen-bond acceptors (Lipinski definition) is 1. The molecular weight excluding hydrogens is 177 g/mol. The minimum Gasteiger partial charge on any atom is -0.310 e. The van der Waals surface area contributed by atoms with E-state index in [1.807, 2.05) is 6.07 Å². The summed E-state index contributed by atoms with van der Waals surface area (Å²) < 4.78 is 13.5. The van der Waals surface area contributed by atoms with E-state index >= 15 is 0 Å². The number of hydrogen-bond donors (Lipinski definition) is 1. The van der Waals surface area contributed by atoms with Crippen molar-refractivity contribution in [1.29, 1.82) is 0 Å². The quantitative estimate of drug-likeness (QED) is 0.664. The second kappa shape index (κ2) is 3.06. The Labute approximate surface area is 83.3 Å². The van der Waals surface area contributed by atoms with E-state index in [-0.39, 0.29) is 5.82 Å². The molecular formula is C12H14FN. The summed E-state index contributed by atoms with van der Waals surface area (Å²) >= 11 is 0. The highest BCUT2D eigenvalue weighted by atomic mass is 19.1. The summed E-state index contributed by atoms with van der Waals surface area (Å²) in [4.78, 5) is 0. The van der Waals surface area contributed by atoms with Crippen LogP contribution in [0.3, 0.4) is 0 Å². The number of benzene rings is 1. The molecule has 1 heterocycles. The van der Waals surface area contributed by atoms with Crippen LogP contribution in [0, 0.1) is 11.7 Å². The van der Waals surface area contributed by atoms with Crippen LogP contribution in [-0.2, 0) is 6.42 Å². The fourth-order valence-corrected chi connectivity index (χ4v) is 2.88. The molecule has 2 heteroatoms. The summed E-state index contributed by atoms with van der Waals surface area (Å²) in [5.74, 6) is 0.620. The Morgan fingerprint density at radius 3 is 3.21 bits per heavy atom. The zero-order valence-corrected chi connectivity index (χ0v) is 8.09. The predicted molar refractivity (Wildman–Crippen MR) is 53.6 cm³/mol. The molecule has 3 rings (SSSR count). The second-order valence-electron chi connectivity index (χ2n) is 4.35. The molecule has 1 aliphatic heterocycles. The van der Waals surface area contributed by atoms with E-state index in [0.717, 1.165) is 18.5 Å². The van der Waals surface area contributed by atoms with Crippen LogP contribution in [0.2, 0.25) is 0 Å². The van der Waals surface area contributed by atoms with Gasteiger partial charge in [0.05, 0.1) is 0 Å². The molecule has 1 saturated heterocycles. The Hall–Kier alpha value is -0.890. The molecule has 74 valence electrons. The Bertz CT molecular complexity index is 361. The van der Waals surface area contributed by atoms with Gasteiger partial charge in [0.1, 0.15) is 5.82 Å².